The van der Waals surface area contributed by atoms with E-state index in [4.69, 9.17) is 4.74 Å². The maximum Gasteiger partial charge on any atom is 0.260 e. The third-order valence-corrected chi connectivity index (χ3v) is 4.32. The Balaban J connectivity index is 1.50. The first-order valence-corrected chi connectivity index (χ1v) is 8.19. The van der Waals surface area contributed by atoms with Gasteiger partial charge in [-0.25, -0.2) is 0 Å². The molecule has 4 nitrogen and oxygen atoms in total. The van der Waals surface area contributed by atoms with E-state index in [1.807, 2.05) is 59.8 Å². The Bertz CT molecular complexity index is 616. The number of aryl methyl sites for hydroxylation is 1. The number of ether oxygens (including phenoxy) is 1. The Morgan fingerprint density at radius 3 is 2.74 bits per heavy atom. The zero-order chi connectivity index (χ0) is 15.9. The van der Waals surface area contributed by atoms with Crippen LogP contribution in [0, 0.1) is 0 Å². The van der Waals surface area contributed by atoms with Crippen LogP contribution in [0.2, 0.25) is 0 Å². The van der Waals surface area contributed by atoms with Gasteiger partial charge in [0.25, 0.3) is 5.91 Å². The highest BCUT2D eigenvalue weighted by atomic mass is 16.5. The van der Waals surface area contributed by atoms with Crippen LogP contribution in [-0.4, -0.2) is 35.0 Å². The minimum absolute atomic E-state index is 0.0890. The summed E-state index contributed by atoms with van der Waals surface area (Å²) in [5, 5.41) is 0. The Hall–Kier alpha value is -2.36. The van der Waals surface area contributed by atoms with Crippen molar-refractivity contribution >= 4 is 5.91 Å². The van der Waals surface area contributed by atoms with Crippen molar-refractivity contribution in [2.24, 2.45) is 0 Å². The second kappa shape index (κ2) is 7.77. The normalized spacial score (nSPS) is 17.2. The van der Waals surface area contributed by atoms with Gasteiger partial charge in [-0.2, -0.15) is 0 Å². The summed E-state index contributed by atoms with van der Waals surface area (Å²) in [6.07, 6.45) is 7.79. The third kappa shape index (κ3) is 4.31. The van der Waals surface area contributed by atoms with Crippen molar-refractivity contribution in [2.45, 2.75) is 31.7 Å². The third-order valence-electron chi connectivity index (χ3n) is 4.32. The van der Waals surface area contributed by atoms with E-state index < -0.39 is 0 Å². The van der Waals surface area contributed by atoms with Crippen LogP contribution in [0.25, 0.3) is 0 Å². The maximum atomic E-state index is 12.4. The molecule has 0 radical (unpaired) electrons. The number of hydrogen-bond donors (Lipinski definition) is 0. The van der Waals surface area contributed by atoms with Crippen molar-refractivity contribution in [1.82, 2.24) is 9.88 Å². The van der Waals surface area contributed by atoms with Crippen molar-refractivity contribution in [3.63, 3.8) is 0 Å². The van der Waals surface area contributed by atoms with Gasteiger partial charge in [0.1, 0.15) is 5.75 Å². The quantitative estimate of drug-likeness (QED) is 0.823. The van der Waals surface area contributed by atoms with Crippen LogP contribution in [-0.2, 0) is 11.2 Å². The van der Waals surface area contributed by atoms with E-state index in [0.29, 0.717) is 6.04 Å². The number of likely N-dealkylation sites (tertiary alicyclic amines) is 1. The lowest BCUT2D eigenvalue weighted by atomic mass is 10.0. The number of carbonyl (C=O) groups is 1. The Morgan fingerprint density at radius 1 is 1.17 bits per heavy atom. The molecule has 1 saturated heterocycles. The zero-order valence-electron chi connectivity index (χ0n) is 13.2. The monoisotopic (exact) mass is 310 g/mol. The molecular weight excluding hydrogens is 288 g/mol. The summed E-state index contributed by atoms with van der Waals surface area (Å²) in [6.45, 7) is 0.966. The van der Waals surface area contributed by atoms with Crippen LogP contribution in [0.3, 0.4) is 0 Å². The summed E-state index contributed by atoms with van der Waals surface area (Å²) in [5.41, 5.74) is 1.28. The van der Waals surface area contributed by atoms with Gasteiger partial charge >= 0.3 is 0 Å². The summed E-state index contributed by atoms with van der Waals surface area (Å²) >= 11 is 0. The van der Waals surface area contributed by atoms with E-state index in [1.54, 1.807) is 0 Å². The number of hydrogen-bond acceptors (Lipinski definition) is 3. The van der Waals surface area contributed by atoms with Gasteiger partial charge in [0.2, 0.25) is 0 Å². The van der Waals surface area contributed by atoms with Gasteiger partial charge in [-0.05, 0) is 55.5 Å². The molecule has 1 aliphatic rings. The van der Waals surface area contributed by atoms with Crippen LogP contribution in [0.4, 0.5) is 0 Å². The second-order valence-electron chi connectivity index (χ2n) is 5.88. The van der Waals surface area contributed by atoms with Crippen molar-refractivity contribution in [1.29, 1.82) is 0 Å². The molecule has 2 heterocycles. The lowest BCUT2D eigenvalue weighted by molar-refractivity contribution is -0.134. The molecule has 0 saturated carbocycles. The molecule has 1 aromatic heterocycles. The summed E-state index contributed by atoms with van der Waals surface area (Å²) in [6, 6.07) is 13.9. The Morgan fingerprint density at radius 2 is 1.96 bits per heavy atom. The van der Waals surface area contributed by atoms with Gasteiger partial charge in [-0.1, -0.05) is 18.2 Å². The first kappa shape index (κ1) is 15.5. The summed E-state index contributed by atoms with van der Waals surface area (Å²) in [5.74, 6) is 0.833. The van der Waals surface area contributed by atoms with Gasteiger partial charge in [0.05, 0.1) is 0 Å². The lowest BCUT2D eigenvalue weighted by Crippen LogP contribution is -2.38. The largest absolute Gasteiger partial charge is 0.484 e. The van der Waals surface area contributed by atoms with Gasteiger partial charge < -0.3 is 9.64 Å². The van der Waals surface area contributed by atoms with Crippen LogP contribution in [0.1, 0.15) is 24.8 Å². The molecule has 1 fully saturated rings. The van der Waals surface area contributed by atoms with Crippen LogP contribution >= 0.6 is 0 Å². The highest BCUT2D eigenvalue weighted by Crippen LogP contribution is 2.22. The van der Waals surface area contributed by atoms with Gasteiger partial charge in [0.15, 0.2) is 6.61 Å². The SMILES string of the molecule is O=C(COc1ccccc1)N1CCC[C@H]1CCc1ccncc1. The molecule has 1 atom stereocenters. The van der Waals surface area contributed by atoms with Gasteiger partial charge in [-0.3, -0.25) is 9.78 Å². The molecule has 0 aliphatic carbocycles. The number of carbonyl (C=O) groups excluding carboxylic acids is 1. The molecule has 0 N–H and O–H groups in total. The van der Waals surface area contributed by atoms with Crippen molar-refractivity contribution in [3.8, 4) is 5.75 Å². The minimum atomic E-state index is 0.0890. The Labute approximate surface area is 137 Å². The van der Waals surface area contributed by atoms with Crippen LogP contribution in [0.5, 0.6) is 5.75 Å². The predicted molar refractivity (Wildman–Crippen MR) is 89.2 cm³/mol. The maximum absolute atomic E-state index is 12.4. The fourth-order valence-electron chi connectivity index (χ4n) is 3.09. The number of nitrogens with zero attached hydrogens (tertiary/aromatic N) is 2. The molecule has 1 aromatic carbocycles. The van der Waals surface area contributed by atoms with Crippen LogP contribution in [0.15, 0.2) is 54.9 Å². The average molecular weight is 310 g/mol. The smallest absolute Gasteiger partial charge is 0.260 e. The summed E-state index contributed by atoms with van der Waals surface area (Å²) in [4.78, 5) is 18.5. The standard InChI is InChI=1S/C19H22N2O2/c22-19(15-23-18-6-2-1-3-7-18)21-14-4-5-17(21)9-8-16-10-12-20-13-11-16/h1-3,6-7,10-13,17H,4-5,8-9,14-15H2/t17-/m0/s1. The molecule has 0 bridgehead atoms. The topological polar surface area (TPSA) is 42.4 Å². The van der Waals surface area contributed by atoms with Crippen LogP contribution < -0.4 is 4.74 Å². The number of amides is 1. The molecule has 4 heteroatoms. The van der Waals surface area contributed by atoms with Crippen molar-refractivity contribution in [2.75, 3.05) is 13.2 Å². The molecule has 0 spiro atoms. The van der Waals surface area contributed by atoms with Crippen molar-refractivity contribution in [3.05, 3.63) is 60.4 Å². The highest BCUT2D eigenvalue weighted by Gasteiger charge is 2.28. The van der Waals surface area contributed by atoms with E-state index in [0.717, 1.165) is 38.0 Å². The molecule has 23 heavy (non-hydrogen) atoms. The zero-order valence-corrected chi connectivity index (χ0v) is 13.2. The van der Waals surface area contributed by atoms with E-state index in [9.17, 15) is 4.79 Å². The predicted octanol–water partition coefficient (Wildman–Crippen LogP) is 3.08. The highest BCUT2D eigenvalue weighted by molar-refractivity contribution is 5.78. The molecule has 2 aromatic rings. The van der Waals surface area contributed by atoms with Crippen molar-refractivity contribution < 1.29 is 9.53 Å². The fraction of sp³-hybridized carbons (Fsp3) is 0.368. The van der Waals surface area contributed by atoms with Gasteiger partial charge in [0, 0.05) is 25.0 Å². The molecule has 1 aliphatic heterocycles. The van der Waals surface area contributed by atoms with E-state index in [2.05, 4.69) is 4.98 Å². The lowest BCUT2D eigenvalue weighted by Gasteiger charge is -2.24. The average Bonchev–Trinajstić information content (AvgIpc) is 3.08. The molecule has 1 amide bonds. The van der Waals surface area contributed by atoms with E-state index >= 15 is 0 Å². The number of rotatable bonds is 6. The minimum Gasteiger partial charge on any atom is -0.484 e. The number of para-hydroxylation sites is 1. The summed E-state index contributed by atoms with van der Waals surface area (Å²) in [7, 11) is 0. The number of pyridine rings is 1. The molecule has 0 unspecified atom stereocenters. The molecule has 3 rings (SSSR count). The fourth-order valence-corrected chi connectivity index (χ4v) is 3.09. The number of benzene rings is 1. The molecule has 120 valence electrons. The van der Waals surface area contributed by atoms with E-state index in [1.165, 1.54) is 5.56 Å². The van der Waals surface area contributed by atoms with E-state index in [-0.39, 0.29) is 12.5 Å². The second-order valence-corrected chi connectivity index (χ2v) is 5.88. The van der Waals surface area contributed by atoms with Gasteiger partial charge in [-0.15, -0.1) is 0 Å². The molecular formula is C19H22N2O2. The summed E-state index contributed by atoms with van der Waals surface area (Å²) < 4.78 is 5.59. The first-order valence-electron chi connectivity index (χ1n) is 8.19. The number of aromatic nitrogens is 1. The first-order chi connectivity index (χ1) is 11.3. The Kier molecular flexibility index (Phi) is 5.25.